The minimum atomic E-state index is -0.493. The number of hydrogen-bond acceptors (Lipinski definition) is 6. The van der Waals surface area contributed by atoms with Gasteiger partial charge in [-0.3, -0.25) is 4.79 Å². The molecule has 2 saturated heterocycles. The number of hydrogen-bond donors (Lipinski definition) is 1. The zero-order valence-electron chi connectivity index (χ0n) is 16.2. The van der Waals surface area contributed by atoms with Crippen LogP contribution in [-0.4, -0.2) is 71.8 Å². The Labute approximate surface area is 166 Å². The van der Waals surface area contributed by atoms with Crippen molar-refractivity contribution in [3.8, 4) is 0 Å². The van der Waals surface area contributed by atoms with Crippen LogP contribution in [0.1, 0.15) is 17.6 Å². The Balaban J connectivity index is 1.49. The summed E-state index contributed by atoms with van der Waals surface area (Å²) in [4.78, 5) is 32.5. The smallest absolute Gasteiger partial charge is 0.321 e. The molecule has 10 heteroatoms. The van der Waals surface area contributed by atoms with Crippen molar-refractivity contribution in [2.45, 2.75) is 12.8 Å². The molecule has 3 heterocycles. The van der Waals surface area contributed by atoms with Crippen molar-refractivity contribution in [3.63, 3.8) is 0 Å². The molecule has 0 radical (unpaired) electrons. The van der Waals surface area contributed by atoms with Gasteiger partial charge in [0.2, 0.25) is 11.8 Å². The van der Waals surface area contributed by atoms with Gasteiger partial charge in [0.15, 0.2) is 5.82 Å². The summed E-state index contributed by atoms with van der Waals surface area (Å²) in [6.45, 7) is 3.41. The Morgan fingerprint density at radius 2 is 2.03 bits per heavy atom. The van der Waals surface area contributed by atoms with E-state index in [1.807, 2.05) is 0 Å². The van der Waals surface area contributed by atoms with Crippen LogP contribution in [0.15, 0.2) is 28.8 Å². The molecule has 1 unspecified atom stereocenters. The molecule has 0 saturated carbocycles. The van der Waals surface area contributed by atoms with Gasteiger partial charge < -0.3 is 24.4 Å². The van der Waals surface area contributed by atoms with E-state index in [-0.39, 0.29) is 35.6 Å². The van der Waals surface area contributed by atoms with Gasteiger partial charge in [-0.25, -0.2) is 9.18 Å². The molecule has 3 amide bonds. The summed E-state index contributed by atoms with van der Waals surface area (Å²) < 4.78 is 24.2. The Hall–Kier alpha value is -3.01. The van der Waals surface area contributed by atoms with Gasteiger partial charge in [0, 0.05) is 38.7 Å². The van der Waals surface area contributed by atoms with E-state index in [9.17, 15) is 14.0 Å². The number of urea groups is 1. The molecule has 1 spiro atoms. The van der Waals surface area contributed by atoms with Gasteiger partial charge in [-0.05, 0) is 19.1 Å². The van der Waals surface area contributed by atoms with Crippen molar-refractivity contribution >= 4 is 17.6 Å². The van der Waals surface area contributed by atoms with Crippen LogP contribution in [0.2, 0.25) is 0 Å². The number of carbonyl (C=O) groups excluding carboxylic acids is 2. The van der Waals surface area contributed by atoms with Crippen LogP contribution in [0.4, 0.5) is 14.9 Å². The standard InChI is InChI=1S/C19H22FN5O4/c1-12-21-17(29-23-12)13-7-24(16(26)8-28-2)9-19(13)10-25(11-19)18(27)22-15-6-4-3-5-14(15)20/h3-6,13H,7-11H2,1-2H3,(H,22,27). The van der Waals surface area contributed by atoms with E-state index in [1.165, 1.54) is 19.2 Å². The SMILES string of the molecule is COCC(=O)N1CC(c2nc(C)no2)C2(C1)CN(C(=O)Nc1ccccc1F)C2. The minimum Gasteiger partial charge on any atom is -0.375 e. The molecule has 9 nitrogen and oxygen atoms in total. The van der Waals surface area contributed by atoms with Crippen molar-refractivity contribution < 1.29 is 23.2 Å². The second-order valence-corrected chi connectivity index (χ2v) is 7.57. The van der Waals surface area contributed by atoms with Crippen LogP contribution >= 0.6 is 0 Å². The number of para-hydroxylation sites is 1. The largest absolute Gasteiger partial charge is 0.375 e. The molecule has 2 aliphatic rings. The molecule has 1 atom stereocenters. The maximum Gasteiger partial charge on any atom is 0.321 e. The van der Waals surface area contributed by atoms with Gasteiger partial charge in [-0.2, -0.15) is 4.98 Å². The fourth-order valence-electron chi connectivity index (χ4n) is 4.10. The summed E-state index contributed by atoms with van der Waals surface area (Å²) in [5, 5.41) is 6.45. The molecule has 2 aliphatic heterocycles. The number of halogens is 1. The van der Waals surface area contributed by atoms with Crippen LogP contribution in [0.3, 0.4) is 0 Å². The molecular weight excluding hydrogens is 381 g/mol. The predicted molar refractivity (Wildman–Crippen MR) is 99.7 cm³/mol. The van der Waals surface area contributed by atoms with E-state index in [0.29, 0.717) is 37.9 Å². The maximum absolute atomic E-state index is 13.8. The van der Waals surface area contributed by atoms with Crippen LogP contribution in [0.25, 0.3) is 0 Å². The number of carbonyl (C=O) groups is 2. The third-order valence-corrected chi connectivity index (χ3v) is 5.52. The Kier molecular flexibility index (Phi) is 4.95. The molecule has 29 heavy (non-hydrogen) atoms. The second-order valence-electron chi connectivity index (χ2n) is 7.57. The number of nitrogens with zero attached hydrogens (tertiary/aromatic N) is 4. The average Bonchev–Trinajstić information content (AvgIpc) is 3.26. The number of nitrogens with one attached hydrogen (secondary N) is 1. The van der Waals surface area contributed by atoms with E-state index in [0.717, 1.165) is 0 Å². The topological polar surface area (TPSA) is 101 Å². The first kappa shape index (κ1) is 19.3. The highest BCUT2D eigenvalue weighted by molar-refractivity contribution is 5.90. The highest BCUT2D eigenvalue weighted by Crippen LogP contribution is 2.48. The highest BCUT2D eigenvalue weighted by atomic mass is 19.1. The first-order valence-corrected chi connectivity index (χ1v) is 9.29. The van der Waals surface area contributed by atoms with Crippen LogP contribution in [0.5, 0.6) is 0 Å². The number of methoxy groups -OCH3 is 1. The number of amides is 3. The monoisotopic (exact) mass is 403 g/mol. The number of ether oxygens (including phenoxy) is 1. The molecule has 4 rings (SSSR count). The van der Waals surface area contributed by atoms with Crippen LogP contribution < -0.4 is 5.32 Å². The molecular formula is C19H22FN5O4. The van der Waals surface area contributed by atoms with Gasteiger partial charge in [0.25, 0.3) is 0 Å². The predicted octanol–water partition coefficient (Wildman–Crippen LogP) is 1.62. The lowest BCUT2D eigenvalue weighted by atomic mass is 9.71. The molecule has 0 aliphatic carbocycles. The number of anilines is 1. The summed E-state index contributed by atoms with van der Waals surface area (Å²) in [5.74, 6) is 0.184. The minimum absolute atomic E-state index is 0.0108. The second kappa shape index (κ2) is 7.43. The number of rotatable bonds is 4. The molecule has 0 bridgehead atoms. The first-order chi connectivity index (χ1) is 13.9. The Morgan fingerprint density at radius 1 is 1.31 bits per heavy atom. The lowest BCUT2D eigenvalue weighted by molar-refractivity contribution is -0.134. The van der Waals surface area contributed by atoms with Crippen molar-refractivity contribution in [2.75, 3.05) is 45.2 Å². The van der Waals surface area contributed by atoms with Crippen LogP contribution in [0, 0.1) is 18.2 Å². The van der Waals surface area contributed by atoms with Crippen molar-refractivity contribution in [1.82, 2.24) is 19.9 Å². The Morgan fingerprint density at radius 3 is 2.69 bits per heavy atom. The molecule has 1 N–H and O–H groups in total. The normalized spacial score (nSPS) is 20.0. The zero-order valence-corrected chi connectivity index (χ0v) is 16.2. The lowest BCUT2D eigenvalue weighted by Gasteiger charge is -2.49. The third-order valence-electron chi connectivity index (χ3n) is 5.52. The maximum atomic E-state index is 13.8. The van der Waals surface area contributed by atoms with Crippen molar-refractivity contribution in [2.24, 2.45) is 5.41 Å². The van der Waals surface area contributed by atoms with Crippen LogP contribution in [-0.2, 0) is 9.53 Å². The van der Waals surface area contributed by atoms with E-state index >= 15 is 0 Å². The summed E-state index contributed by atoms with van der Waals surface area (Å²) in [6, 6.07) is 5.62. The van der Waals surface area contributed by atoms with E-state index in [4.69, 9.17) is 9.26 Å². The number of benzene rings is 1. The van der Waals surface area contributed by atoms with E-state index in [2.05, 4.69) is 15.5 Å². The third kappa shape index (κ3) is 3.55. The molecule has 2 aromatic rings. The Bertz CT molecular complexity index is 927. The van der Waals surface area contributed by atoms with Crippen molar-refractivity contribution in [1.29, 1.82) is 0 Å². The molecule has 1 aromatic heterocycles. The van der Waals surface area contributed by atoms with Gasteiger partial charge >= 0.3 is 6.03 Å². The van der Waals surface area contributed by atoms with E-state index < -0.39 is 5.82 Å². The fraction of sp³-hybridized carbons (Fsp3) is 0.474. The molecule has 154 valence electrons. The molecule has 2 fully saturated rings. The van der Waals surface area contributed by atoms with Gasteiger partial charge in [0.1, 0.15) is 12.4 Å². The van der Waals surface area contributed by atoms with Gasteiger partial charge in [-0.1, -0.05) is 17.3 Å². The summed E-state index contributed by atoms with van der Waals surface area (Å²) >= 11 is 0. The zero-order chi connectivity index (χ0) is 20.6. The van der Waals surface area contributed by atoms with E-state index in [1.54, 1.807) is 28.9 Å². The van der Waals surface area contributed by atoms with Gasteiger partial charge in [-0.15, -0.1) is 0 Å². The quantitative estimate of drug-likeness (QED) is 0.833. The number of likely N-dealkylation sites (tertiary alicyclic amines) is 2. The van der Waals surface area contributed by atoms with Gasteiger partial charge in [0.05, 0.1) is 11.6 Å². The number of aryl methyl sites for hydroxylation is 1. The summed E-state index contributed by atoms with van der Waals surface area (Å²) in [6.07, 6.45) is 0. The lowest BCUT2D eigenvalue weighted by Crippen LogP contribution is -2.62. The first-order valence-electron chi connectivity index (χ1n) is 9.29. The highest BCUT2D eigenvalue weighted by Gasteiger charge is 2.58. The molecule has 1 aromatic carbocycles. The summed E-state index contributed by atoms with van der Waals surface area (Å²) in [7, 11) is 1.47. The number of aromatic nitrogens is 2. The van der Waals surface area contributed by atoms with Crippen molar-refractivity contribution in [3.05, 3.63) is 41.8 Å². The summed E-state index contributed by atoms with van der Waals surface area (Å²) in [5.41, 5.74) is -0.250. The fourth-order valence-corrected chi connectivity index (χ4v) is 4.10. The average molecular weight is 403 g/mol.